The standard InChI is InChI=1S/C19H17N7O2S/c27-14(21-12-5-6-13-23-20-9-25(13)7-12)8-26-19(28)17-16(15(24-26)10-1-2-10)22-18(29-17)11-3-4-11/h5-7,9-11H,1-4,8H2,(H,21,27). The van der Waals surface area contributed by atoms with Crippen molar-refractivity contribution in [1.82, 2.24) is 29.4 Å². The van der Waals surface area contributed by atoms with Gasteiger partial charge in [-0.3, -0.25) is 14.0 Å². The highest BCUT2D eigenvalue weighted by molar-refractivity contribution is 7.18. The summed E-state index contributed by atoms with van der Waals surface area (Å²) in [5.41, 5.74) is 2.67. The summed E-state index contributed by atoms with van der Waals surface area (Å²) in [6.07, 6.45) is 7.68. The number of hydrogen-bond acceptors (Lipinski definition) is 7. The first-order chi connectivity index (χ1) is 14.2. The van der Waals surface area contributed by atoms with Crippen molar-refractivity contribution in [2.75, 3.05) is 5.32 Å². The zero-order valence-corrected chi connectivity index (χ0v) is 16.2. The molecule has 2 saturated carbocycles. The number of anilines is 1. The minimum Gasteiger partial charge on any atom is -0.323 e. The van der Waals surface area contributed by atoms with Gasteiger partial charge in [-0.05, 0) is 37.8 Å². The number of amides is 1. The molecule has 0 atom stereocenters. The summed E-state index contributed by atoms with van der Waals surface area (Å²) in [6, 6.07) is 3.52. The van der Waals surface area contributed by atoms with Crippen LogP contribution >= 0.6 is 11.3 Å². The van der Waals surface area contributed by atoms with Crippen LogP contribution in [0.3, 0.4) is 0 Å². The smallest absolute Gasteiger partial charge is 0.286 e. The molecule has 0 saturated heterocycles. The Hall–Kier alpha value is -3.14. The largest absolute Gasteiger partial charge is 0.323 e. The molecule has 0 aromatic carbocycles. The molecule has 10 heteroatoms. The zero-order chi connectivity index (χ0) is 19.5. The Labute approximate surface area is 168 Å². The summed E-state index contributed by atoms with van der Waals surface area (Å²) in [4.78, 5) is 30.3. The molecular weight excluding hydrogens is 390 g/mol. The molecule has 0 radical (unpaired) electrons. The number of pyridine rings is 1. The van der Waals surface area contributed by atoms with E-state index < -0.39 is 0 Å². The molecule has 2 fully saturated rings. The lowest BCUT2D eigenvalue weighted by Gasteiger charge is -2.09. The first-order valence-electron chi connectivity index (χ1n) is 9.66. The summed E-state index contributed by atoms with van der Waals surface area (Å²) in [5, 5.41) is 16.2. The van der Waals surface area contributed by atoms with Crippen LogP contribution in [0.15, 0.2) is 29.5 Å². The molecule has 0 unspecified atom stereocenters. The third kappa shape index (κ3) is 3.00. The van der Waals surface area contributed by atoms with Crippen LogP contribution in [-0.4, -0.2) is 35.3 Å². The van der Waals surface area contributed by atoms with E-state index >= 15 is 0 Å². The summed E-state index contributed by atoms with van der Waals surface area (Å²) < 4.78 is 3.63. The first-order valence-corrected chi connectivity index (χ1v) is 10.5. The molecular formula is C19H17N7O2S. The van der Waals surface area contributed by atoms with E-state index in [4.69, 9.17) is 4.98 Å². The van der Waals surface area contributed by atoms with Crippen molar-refractivity contribution >= 4 is 38.8 Å². The molecule has 1 amide bonds. The van der Waals surface area contributed by atoms with Crippen LogP contribution in [0.2, 0.25) is 0 Å². The zero-order valence-electron chi connectivity index (χ0n) is 15.4. The minimum atomic E-state index is -0.306. The maximum absolute atomic E-state index is 13.0. The molecule has 1 N–H and O–H groups in total. The third-order valence-corrected chi connectivity index (χ3v) is 6.51. The Balaban J connectivity index is 1.32. The van der Waals surface area contributed by atoms with E-state index in [0.717, 1.165) is 41.9 Å². The third-order valence-electron chi connectivity index (χ3n) is 5.30. The molecule has 6 rings (SSSR count). The van der Waals surface area contributed by atoms with E-state index in [1.54, 1.807) is 29.1 Å². The van der Waals surface area contributed by atoms with E-state index in [1.807, 2.05) is 0 Å². The van der Waals surface area contributed by atoms with Crippen molar-refractivity contribution in [1.29, 1.82) is 0 Å². The predicted molar refractivity (Wildman–Crippen MR) is 107 cm³/mol. The number of carbonyl (C=O) groups is 1. The molecule has 29 heavy (non-hydrogen) atoms. The molecule has 0 aliphatic heterocycles. The average molecular weight is 407 g/mol. The number of nitrogens with one attached hydrogen (secondary N) is 1. The van der Waals surface area contributed by atoms with Gasteiger partial charge in [0.15, 0.2) is 5.65 Å². The van der Waals surface area contributed by atoms with E-state index in [2.05, 4.69) is 20.6 Å². The lowest BCUT2D eigenvalue weighted by molar-refractivity contribution is -0.117. The highest BCUT2D eigenvalue weighted by atomic mass is 32.1. The van der Waals surface area contributed by atoms with Gasteiger partial charge in [-0.2, -0.15) is 5.10 Å². The Morgan fingerprint density at radius 1 is 1.21 bits per heavy atom. The van der Waals surface area contributed by atoms with Gasteiger partial charge in [-0.1, -0.05) is 0 Å². The van der Waals surface area contributed by atoms with Crippen LogP contribution in [0, 0.1) is 0 Å². The van der Waals surface area contributed by atoms with Gasteiger partial charge in [0, 0.05) is 18.0 Å². The van der Waals surface area contributed by atoms with Crippen molar-refractivity contribution in [2.45, 2.75) is 44.1 Å². The molecule has 4 heterocycles. The van der Waals surface area contributed by atoms with Gasteiger partial charge in [-0.25, -0.2) is 9.67 Å². The van der Waals surface area contributed by atoms with E-state index in [1.165, 1.54) is 16.0 Å². The number of carbonyl (C=O) groups excluding carboxylic acids is 1. The maximum atomic E-state index is 13.0. The second kappa shape index (κ2) is 6.18. The summed E-state index contributed by atoms with van der Waals surface area (Å²) in [5.74, 6) is 0.529. The molecule has 2 aliphatic carbocycles. The first kappa shape index (κ1) is 16.8. The van der Waals surface area contributed by atoms with Gasteiger partial charge in [0.25, 0.3) is 5.56 Å². The number of hydrogen-bond donors (Lipinski definition) is 1. The molecule has 9 nitrogen and oxygen atoms in total. The fraction of sp³-hybridized carbons (Fsp3) is 0.368. The van der Waals surface area contributed by atoms with Crippen LogP contribution in [0.5, 0.6) is 0 Å². The summed E-state index contributed by atoms with van der Waals surface area (Å²) in [7, 11) is 0. The number of rotatable bonds is 5. The van der Waals surface area contributed by atoms with Crippen molar-refractivity contribution in [3.05, 3.63) is 45.7 Å². The lowest BCUT2D eigenvalue weighted by atomic mass is 10.2. The van der Waals surface area contributed by atoms with Gasteiger partial charge in [0.1, 0.15) is 23.1 Å². The fourth-order valence-electron chi connectivity index (χ4n) is 3.48. The monoisotopic (exact) mass is 407 g/mol. The van der Waals surface area contributed by atoms with Crippen LogP contribution in [0.4, 0.5) is 5.69 Å². The van der Waals surface area contributed by atoms with Gasteiger partial charge < -0.3 is 5.32 Å². The SMILES string of the molecule is O=C(Cn1nc(C2CC2)c2nc(C3CC3)sc2c1=O)Nc1ccc2nncn2c1. The lowest BCUT2D eigenvalue weighted by Crippen LogP contribution is -2.30. The maximum Gasteiger partial charge on any atom is 0.286 e. The Bertz CT molecular complexity index is 1330. The fourth-order valence-corrected chi connectivity index (χ4v) is 4.67. The van der Waals surface area contributed by atoms with Crippen LogP contribution in [-0.2, 0) is 11.3 Å². The Morgan fingerprint density at radius 3 is 2.83 bits per heavy atom. The molecule has 4 aromatic heterocycles. The average Bonchev–Trinajstić information content (AvgIpc) is 3.63. The second-order valence-electron chi connectivity index (χ2n) is 7.69. The number of fused-ring (bicyclic) bond motifs is 2. The van der Waals surface area contributed by atoms with Crippen molar-refractivity contribution < 1.29 is 4.79 Å². The normalized spacial score (nSPS) is 16.6. The molecule has 2 aliphatic rings. The highest BCUT2D eigenvalue weighted by Crippen LogP contribution is 2.46. The van der Waals surface area contributed by atoms with Gasteiger partial charge in [0.2, 0.25) is 5.91 Å². The number of thiazole rings is 1. The van der Waals surface area contributed by atoms with E-state index in [9.17, 15) is 9.59 Å². The molecule has 0 spiro atoms. The summed E-state index contributed by atoms with van der Waals surface area (Å²) >= 11 is 1.47. The quantitative estimate of drug-likeness (QED) is 0.544. The van der Waals surface area contributed by atoms with E-state index in [-0.39, 0.29) is 18.0 Å². The van der Waals surface area contributed by atoms with Crippen LogP contribution in [0.1, 0.15) is 48.2 Å². The molecule has 146 valence electrons. The van der Waals surface area contributed by atoms with Crippen molar-refractivity contribution in [3.8, 4) is 0 Å². The highest BCUT2D eigenvalue weighted by Gasteiger charge is 2.33. The number of nitrogens with zero attached hydrogens (tertiary/aromatic N) is 6. The van der Waals surface area contributed by atoms with E-state index in [0.29, 0.717) is 27.9 Å². The van der Waals surface area contributed by atoms with Gasteiger partial charge in [-0.15, -0.1) is 21.5 Å². The van der Waals surface area contributed by atoms with Crippen molar-refractivity contribution in [3.63, 3.8) is 0 Å². The molecule has 0 bridgehead atoms. The molecule has 4 aromatic rings. The number of aromatic nitrogens is 6. The van der Waals surface area contributed by atoms with Gasteiger partial charge >= 0.3 is 0 Å². The van der Waals surface area contributed by atoms with Crippen LogP contribution < -0.4 is 10.9 Å². The minimum absolute atomic E-state index is 0.134. The second-order valence-corrected chi connectivity index (χ2v) is 8.72. The Kier molecular flexibility index (Phi) is 3.58. The van der Waals surface area contributed by atoms with Gasteiger partial charge in [0.05, 0.1) is 16.4 Å². The summed E-state index contributed by atoms with van der Waals surface area (Å²) in [6.45, 7) is -0.134. The van der Waals surface area contributed by atoms with Crippen LogP contribution in [0.25, 0.3) is 15.9 Å². The predicted octanol–water partition coefficient (Wildman–Crippen LogP) is 2.29. The topological polar surface area (TPSA) is 107 Å². The Morgan fingerprint density at radius 2 is 2.03 bits per heavy atom. The van der Waals surface area contributed by atoms with Crippen molar-refractivity contribution in [2.24, 2.45) is 0 Å².